The Morgan fingerprint density at radius 1 is 1.00 bits per heavy atom. The smallest absolute Gasteiger partial charge is 0.138 e. The summed E-state index contributed by atoms with van der Waals surface area (Å²) < 4.78 is 28.9. The molecule has 39 heavy (non-hydrogen) atoms. The Hall–Kier alpha value is -1.98. The first kappa shape index (κ1) is 31.5. The number of hydrogen-bond donors (Lipinski definition) is 4. The number of allylic oxidation sites excluding steroid dienone is 1. The summed E-state index contributed by atoms with van der Waals surface area (Å²) in [6.07, 6.45) is 9.46. The predicted molar refractivity (Wildman–Crippen MR) is 152 cm³/mol. The van der Waals surface area contributed by atoms with Gasteiger partial charge in [-0.3, -0.25) is 0 Å². The van der Waals surface area contributed by atoms with Gasteiger partial charge in [0.25, 0.3) is 0 Å². The number of unbranched alkanes of at least 4 members (excludes halogenated alkanes) is 1. The lowest BCUT2D eigenvalue weighted by Gasteiger charge is -2.40. The summed E-state index contributed by atoms with van der Waals surface area (Å²) in [5, 5.41) is 26.8. The molecule has 1 aromatic carbocycles. The minimum absolute atomic E-state index is 0.0210. The average Bonchev–Trinajstić information content (AvgIpc) is 2.94. The standard InChI is InChI=1S/C30H48N2O7/c1-22(33)20-38-28-18-31-19-29(30(28)24-8-10-25(11-9-24)37-16-5-4-14-35-2)39-21-23-7-12-27(34)26(17-23)32-13-6-15-36-3/h7-10,12,17,22,25,28-34H,4-6,11,13-16,18-21H2,1-3H3/t22-,25?,28-,29+,30+/m1/s1. The molecule has 1 aromatic rings. The highest BCUT2D eigenvalue weighted by Gasteiger charge is 2.37. The molecular weight excluding hydrogens is 500 g/mol. The van der Waals surface area contributed by atoms with Crippen LogP contribution in [0.3, 0.4) is 0 Å². The molecule has 0 amide bonds. The number of phenols is 1. The zero-order chi connectivity index (χ0) is 27.9. The molecule has 1 aliphatic heterocycles. The largest absolute Gasteiger partial charge is 0.506 e. The maximum Gasteiger partial charge on any atom is 0.138 e. The SMILES string of the molecule is COCCCCOC1C=CC([C@@H]2[C@@H](OCc3ccc(O)c(NCCCOC)c3)CNC[C@H]2OC[C@@H](C)O)=CC1. The molecule has 9 heteroatoms. The monoisotopic (exact) mass is 548 g/mol. The van der Waals surface area contributed by atoms with Crippen molar-refractivity contribution >= 4 is 5.69 Å². The number of phenolic OH excluding ortho intramolecular Hbond substituents is 1. The molecule has 1 unspecified atom stereocenters. The summed E-state index contributed by atoms with van der Waals surface area (Å²) in [5.41, 5.74) is 2.85. The van der Waals surface area contributed by atoms with Gasteiger partial charge in [0.05, 0.1) is 43.3 Å². The van der Waals surface area contributed by atoms with Gasteiger partial charge in [-0.15, -0.1) is 0 Å². The zero-order valence-electron chi connectivity index (χ0n) is 23.8. The molecule has 1 fully saturated rings. The quantitative estimate of drug-likeness (QED) is 0.162. The van der Waals surface area contributed by atoms with Gasteiger partial charge >= 0.3 is 0 Å². The van der Waals surface area contributed by atoms with Crippen molar-refractivity contribution in [3.8, 4) is 5.75 Å². The second-order valence-electron chi connectivity index (χ2n) is 10.3. The maximum absolute atomic E-state index is 10.3. The number of nitrogens with one attached hydrogen (secondary N) is 2. The summed E-state index contributed by atoms with van der Waals surface area (Å²) in [5.74, 6) is 0.237. The highest BCUT2D eigenvalue weighted by molar-refractivity contribution is 5.57. The van der Waals surface area contributed by atoms with E-state index in [1.54, 1.807) is 27.2 Å². The van der Waals surface area contributed by atoms with Gasteiger partial charge in [-0.25, -0.2) is 0 Å². The lowest BCUT2D eigenvalue weighted by Crippen LogP contribution is -2.53. The highest BCUT2D eigenvalue weighted by atomic mass is 16.5. The zero-order valence-corrected chi connectivity index (χ0v) is 23.8. The highest BCUT2D eigenvalue weighted by Crippen LogP contribution is 2.32. The summed E-state index contributed by atoms with van der Waals surface area (Å²) in [7, 11) is 3.40. The van der Waals surface area contributed by atoms with Crippen molar-refractivity contribution in [1.82, 2.24) is 5.32 Å². The van der Waals surface area contributed by atoms with Crippen molar-refractivity contribution in [2.75, 3.05) is 65.6 Å². The molecule has 9 nitrogen and oxygen atoms in total. The molecule has 0 aromatic heterocycles. The molecule has 3 rings (SSSR count). The van der Waals surface area contributed by atoms with Crippen molar-refractivity contribution in [2.45, 2.75) is 63.6 Å². The molecule has 220 valence electrons. The number of methoxy groups -OCH3 is 2. The van der Waals surface area contributed by atoms with Crippen LogP contribution in [0, 0.1) is 5.92 Å². The molecule has 4 N–H and O–H groups in total. The van der Waals surface area contributed by atoms with Gasteiger partial charge in [-0.05, 0) is 55.9 Å². The fourth-order valence-electron chi connectivity index (χ4n) is 4.91. The molecule has 5 atom stereocenters. The summed E-state index contributed by atoms with van der Waals surface area (Å²) in [4.78, 5) is 0. The van der Waals surface area contributed by atoms with E-state index in [9.17, 15) is 10.2 Å². The molecule has 1 saturated heterocycles. The van der Waals surface area contributed by atoms with Crippen LogP contribution in [0.1, 0.15) is 38.2 Å². The molecule has 0 radical (unpaired) electrons. The lowest BCUT2D eigenvalue weighted by atomic mass is 9.82. The number of aliphatic hydroxyl groups is 1. The van der Waals surface area contributed by atoms with Crippen LogP contribution in [0.2, 0.25) is 0 Å². The average molecular weight is 549 g/mol. The molecule has 2 aliphatic rings. The molecule has 0 saturated carbocycles. The second-order valence-corrected chi connectivity index (χ2v) is 10.3. The van der Waals surface area contributed by atoms with Crippen molar-refractivity contribution in [1.29, 1.82) is 0 Å². The van der Waals surface area contributed by atoms with Crippen LogP contribution in [-0.2, 0) is 30.3 Å². The summed E-state index contributed by atoms with van der Waals surface area (Å²) >= 11 is 0. The Bertz CT molecular complexity index is 892. The Balaban J connectivity index is 1.63. The Morgan fingerprint density at radius 3 is 2.46 bits per heavy atom. The van der Waals surface area contributed by atoms with E-state index in [1.165, 1.54) is 5.57 Å². The lowest BCUT2D eigenvalue weighted by molar-refractivity contribution is -0.0881. The van der Waals surface area contributed by atoms with Gasteiger partial charge in [-0.2, -0.15) is 0 Å². The van der Waals surface area contributed by atoms with E-state index in [0.717, 1.165) is 44.5 Å². The summed E-state index contributed by atoms with van der Waals surface area (Å²) in [6, 6.07) is 5.52. The minimum atomic E-state index is -0.537. The van der Waals surface area contributed by atoms with Crippen LogP contribution in [0.25, 0.3) is 0 Å². The first-order chi connectivity index (χ1) is 19.0. The molecular formula is C30H48N2O7. The first-order valence-electron chi connectivity index (χ1n) is 14.2. The van der Waals surface area contributed by atoms with Crippen molar-refractivity contribution in [2.24, 2.45) is 5.92 Å². The van der Waals surface area contributed by atoms with E-state index in [1.807, 2.05) is 12.1 Å². The Kier molecular flexibility index (Phi) is 14.3. The maximum atomic E-state index is 10.3. The first-order valence-corrected chi connectivity index (χ1v) is 14.2. The third-order valence-electron chi connectivity index (χ3n) is 6.96. The predicted octanol–water partition coefficient (Wildman–Crippen LogP) is 3.41. The van der Waals surface area contributed by atoms with Crippen LogP contribution < -0.4 is 10.6 Å². The molecule has 1 heterocycles. The normalized spacial score (nSPS) is 23.9. The van der Waals surface area contributed by atoms with Crippen LogP contribution in [0.15, 0.2) is 42.0 Å². The third kappa shape index (κ3) is 10.8. The molecule has 1 aliphatic carbocycles. The number of hydrogen-bond acceptors (Lipinski definition) is 9. The van der Waals surface area contributed by atoms with E-state index >= 15 is 0 Å². The van der Waals surface area contributed by atoms with Crippen LogP contribution in [-0.4, -0.2) is 94.9 Å². The number of aromatic hydroxyl groups is 1. The van der Waals surface area contributed by atoms with Gasteiger partial charge in [0.2, 0.25) is 0 Å². The van der Waals surface area contributed by atoms with Gasteiger partial charge in [0.1, 0.15) is 5.75 Å². The molecule has 0 bridgehead atoms. The Morgan fingerprint density at radius 2 is 1.74 bits per heavy atom. The number of rotatable bonds is 18. The van der Waals surface area contributed by atoms with Gasteiger partial charge in [-0.1, -0.05) is 24.3 Å². The number of piperidine rings is 1. The van der Waals surface area contributed by atoms with Gasteiger partial charge in [0, 0.05) is 59.6 Å². The Labute approximate surface area is 233 Å². The van der Waals surface area contributed by atoms with E-state index in [0.29, 0.717) is 38.5 Å². The van der Waals surface area contributed by atoms with Crippen LogP contribution in [0.5, 0.6) is 5.75 Å². The minimum Gasteiger partial charge on any atom is -0.506 e. The van der Waals surface area contributed by atoms with Crippen molar-refractivity contribution in [3.05, 3.63) is 47.6 Å². The second kappa shape index (κ2) is 17.7. The van der Waals surface area contributed by atoms with E-state index in [2.05, 4.69) is 28.9 Å². The van der Waals surface area contributed by atoms with Crippen molar-refractivity contribution < 1.29 is 33.9 Å². The van der Waals surface area contributed by atoms with Gasteiger partial charge in [0.15, 0.2) is 0 Å². The topological polar surface area (TPSA) is 111 Å². The fraction of sp³-hybridized carbons (Fsp3) is 0.667. The number of ether oxygens (including phenoxy) is 5. The van der Waals surface area contributed by atoms with Gasteiger partial charge < -0.3 is 44.5 Å². The van der Waals surface area contributed by atoms with E-state index < -0.39 is 6.10 Å². The number of anilines is 1. The fourth-order valence-corrected chi connectivity index (χ4v) is 4.91. The van der Waals surface area contributed by atoms with E-state index in [4.69, 9.17) is 23.7 Å². The third-order valence-corrected chi connectivity index (χ3v) is 6.96. The van der Waals surface area contributed by atoms with Crippen molar-refractivity contribution in [3.63, 3.8) is 0 Å². The number of aliphatic hydroxyl groups excluding tert-OH is 1. The van der Waals surface area contributed by atoms with Crippen LogP contribution >= 0.6 is 0 Å². The molecule has 0 spiro atoms. The summed E-state index contributed by atoms with van der Waals surface area (Å²) in [6.45, 7) is 6.66. The van der Waals surface area contributed by atoms with E-state index in [-0.39, 0.29) is 36.6 Å². The number of benzene rings is 1. The van der Waals surface area contributed by atoms with Crippen LogP contribution in [0.4, 0.5) is 5.69 Å².